The van der Waals surface area contributed by atoms with Crippen LogP contribution >= 0.6 is 11.3 Å². The fourth-order valence-corrected chi connectivity index (χ4v) is 2.52. The Hall–Kier alpha value is -1.47. The Balaban J connectivity index is 2.67. The minimum absolute atomic E-state index is 0.164. The molecule has 0 radical (unpaired) electrons. The van der Waals surface area contributed by atoms with Gasteiger partial charge in [0.15, 0.2) is 16.6 Å². The SMILES string of the molecule is CCN(CC)CCNc1nc(C(=O)O)c(C(C)=O)s1. The van der Waals surface area contributed by atoms with Crippen molar-refractivity contribution < 1.29 is 14.7 Å². The molecule has 1 aromatic heterocycles. The molecule has 2 N–H and O–H groups in total. The van der Waals surface area contributed by atoms with Crippen molar-refractivity contribution in [3.63, 3.8) is 0 Å². The van der Waals surface area contributed by atoms with Gasteiger partial charge in [0.25, 0.3) is 0 Å². The van der Waals surface area contributed by atoms with Crippen LogP contribution < -0.4 is 5.32 Å². The maximum Gasteiger partial charge on any atom is 0.356 e. The van der Waals surface area contributed by atoms with Crippen molar-refractivity contribution in [2.24, 2.45) is 0 Å². The second kappa shape index (κ2) is 7.20. The number of thiazole rings is 1. The van der Waals surface area contributed by atoms with Gasteiger partial charge in [-0.3, -0.25) is 4.79 Å². The van der Waals surface area contributed by atoms with Crippen LogP contribution in [0.4, 0.5) is 5.13 Å². The van der Waals surface area contributed by atoms with Crippen LogP contribution in [0.1, 0.15) is 40.9 Å². The molecular weight excluding hydrogens is 266 g/mol. The van der Waals surface area contributed by atoms with E-state index < -0.39 is 5.97 Å². The molecule has 0 spiro atoms. The first kappa shape index (κ1) is 15.6. The molecule has 6 nitrogen and oxygen atoms in total. The van der Waals surface area contributed by atoms with Gasteiger partial charge in [-0.2, -0.15) is 0 Å². The molecule has 7 heteroatoms. The highest BCUT2D eigenvalue weighted by molar-refractivity contribution is 7.17. The van der Waals surface area contributed by atoms with Crippen LogP contribution in [0.25, 0.3) is 0 Å². The highest BCUT2D eigenvalue weighted by Gasteiger charge is 2.20. The summed E-state index contributed by atoms with van der Waals surface area (Å²) < 4.78 is 0. The van der Waals surface area contributed by atoms with E-state index in [1.54, 1.807) is 0 Å². The van der Waals surface area contributed by atoms with Crippen molar-refractivity contribution in [1.82, 2.24) is 9.88 Å². The zero-order valence-electron chi connectivity index (χ0n) is 11.4. The van der Waals surface area contributed by atoms with E-state index in [9.17, 15) is 9.59 Å². The number of carbonyl (C=O) groups is 2. The topological polar surface area (TPSA) is 82.5 Å². The van der Waals surface area contributed by atoms with Gasteiger partial charge in [-0.15, -0.1) is 0 Å². The van der Waals surface area contributed by atoms with Gasteiger partial charge < -0.3 is 15.3 Å². The van der Waals surface area contributed by atoms with Gasteiger partial charge in [0, 0.05) is 20.0 Å². The quantitative estimate of drug-likeness (QED) is 0.709. The Morgan fingerprint density at radius 2 is 2.00 bits per heavy atom. The number of carbonyl (C=O) groups excluding carboxylic acids is 1. The van der Waals surface area contributed by atoms with E-state index in [-0.39, 0.29) is 16.4 Å². The van der Waals surface area contributed by atoms with Crippen LogP contribution in [0.15, 0.2) is 0 Å². The summed E-state index contributed by atoms with van der Waals surface area (Å²) in [7, 11) is 0. The molecule has 0 aromatic carbocycles. The predicted octanol–water partition coefficient (Wildman–Crippen LogP) is 1.80. The van der Waals surface area contributed by atoms with Gasteiger partial charge in [-0.1, -0.05) is 25.2 Å². The number of carboxylic acid groups (broad SMARTS) is 1. The number of ketones is 1. The number of rotatable bonds is 8. The van der Waals surface area contributed by atoms with E-state index in [0.29, 0.717) is 11.7 Å². The van der Waals surface area contributed by atoms with E-state index in [4.69, 9.17) is 5.11 Å². The first-order valence-corrected chi connectivity index (χ1v) is 7.02. The van der Waals surface area contributed by atoms with Crippen molar-refractivity contribution in [2.45, 2.75) is 20.8 Å². The van der Waals surface area contributed by atoms with Crippen molar-refractivity contribution in [3.8, 4) is 0 Å². The van der Waals surface area contributed by atoms with Crippen LogP contribution in [-0.4, -0.2) is 52.9 Å². The average molecular weight is 285 g/mol. The molecule has 0 aliphatic rings. The molecule has 0 bridgehead atoms. The van der Waals surface area contributed by atoms with Gasteiger partial charge in [-0.25, -0.2) is 9.78 Å². The second-order valence-electron chi connectivity index (χ2n) is 4.01. The average Bonchev–Trinajstić information content (AvgIpc) is 2.79. The number of nitrogens with one attached hydrogen (secondary N) is 1. The molecule has 0 aliphatic carbocycles. The maximum atomic E-state index is 11.3. The van der Waals surface area contributed by atoms with E-state index >= 15 is 0 Å². The lowest BCUT2D eigenvalue weighted by atomic mass is 10.3. The minimum atomic E-state index is -1.17. The molecular formula is C12H19N3O3S. The molecule has 0 amide bonds. The lowest BCUT2D eigenvalue weighted by Gasteiger charge is -2.17. The third-order valence-electron chi connectivity index (χ3n) is 2.75. The fourth-order valence-electron chi connectivity index (χ4n) is 1.64. The summed E-state index contributed by atoms with van der Waals surface area (Å²) in [6.07, 6.45) is 0. The summed E-state index contributed by atoms with van der Waals surface area (Å²) in [5, 5.41) is 12.5. The number of aromatic carboxylic acids is 1. The number of carboxylic acids is 1. The van der Waals surface area contributed by atoms with Crippen molar-refractivity contribution in [2.75, 3.05) is 31.5 Å². The summed E-state index contributed by atoms with van der Waals surface area (Å²) in [6.45, 7) is 8.98. The Bertz CT molecular complexity index is 424. The first-order valence-electron chi connectivity index (χ1n) is 6.20. The summed E-state index contributed by atoms with van der Waals surface area (Å²) in [4.78, 5) is 28.7. The Kier molecular flexibility index (Phi) is 5.91. The summed E-state index contributed by atoms with van der Waals surface area (Å²) >= 11 is 1.09. The van der Waals surface area contributed by atoms with E-state index in [1.807, 2.05) is 0 Å². The number of Topliss-reactive ketones (excluding diaryl/α,β-unsaturated/α-hetero) is 1. The van der Waals surface area contributed by atoms with Crippen molar-refractivity contribution >= 4 is 28.2 Å². The molecule has 1 heterocycles. The number of likely N-dealkylation sites (N-methyl/N-ethyl adjacent to an activating group) is 1. The van der Waals surface area contributed by atoms with Gasteiger partial charge in [0.1, 0.15) is 4.88 Å². The number of hydrogen-bond acceptors (Lipinski definition) is 6. The van der Waals surface area contributed by atoms with Gasteiger partial charge in [0.2, 0.25) is 0 Å². The van der Waals surface area contributed by atoms with Gasteiger partial charge in [0.05, 0.1) is 0 Å². The third-order valence-corrected chi connectivity index (χ3v) is 3.86. The monoisotopic (exact) mass is 285 g/mol. The van der Waals surface area contributed by atoms with Crippen LogP contribution in [0.3, 0.4) is 0 Å². The van der Waals surface area contributed by atoms with Crippen LogP contribution in [0.2, 0.25) is 0 Å². The molecule has 0 saturated heterocycles. The number of nitrogens with zero attached hydrogens (tertiary/aromatic N) is 2. The fraction of sp³-hybridized carbons (Fsp3) is 0.583. The second-order valence-corrected chi connectivity index (χ2v) is 5.01. The van der Waals surface area contributed by atoms with Crippen LogP contribution in [0, 0.1) is 0 Å². The van der Waals surface area contributed by atoms with Crippen molar-refractivity contribution in [3.05, 3.63) is 10.6 Å². The molecule has 0 unspecified atom stereocenters. The minimum Gasteiger partial charge on any atom is -0.476 e. The number of aromatic nitrogens is 1. The summed E-state index contributed by atoms with van der Waals surface area (Å²) in [5.41, 5.74) is -0.164. The van der Waals surface area contributed by atoms with Gasteiger partial charge >= 0.3 is 5.97 Å². The third kappa shape index (κ3) is 4.29. The van der Waals surface area contributed by atoms with Gasteiger partial charge in [-0.05, 0) is 13.1 Å². The Morgan fingerprint density at radius 1 is 1.37 bits per heavy atom. The predicted molar refractivity (Wildman–Crippen MR) is 75.4 cm³/mol. The molecule has 0 aliphatic heterocycles. The zero-order chi connectivity index (χ0) is 14.4. The molecule has 19 heavy (non-hydrogen) atoms. The Morgan fingerprint density at radius 3 is 2.42 bits per heavy atom. The Labute approximate surface area is 116 Å². The highest BCUT2D eigenvalue weighted by atomic mass is 32.1. The molecule has 0 atom stereocenters. The van der Waals surface area contributed by atoms with Crippen LogP contribution in [-0.2, 0) is 0 Å². The molecule has 0 fully saturated rings. The molecule has 106 valence electrons. The van der Waals surface area contributed by atoms with E-state index in [1.165, 1.54) is 6.92 Å². The highest BCUT2D eigenvalue weighted by Crippen LogP contribution is 2.23. The van der Waals surface area contributed by atoms with E-state index in [2.05, 4.69) is 29.0 Å². The largest absolute Gasteiger partial charge is 0.476 e. The summed E-state index contributed by atoms with van der Waals surface area (Å²) in [5.74, 6) is -1.44. The maximum absolute atomic E-state index is 11.3. The summed E-state index contributed by atoms with van der Waals surface area (Å²) in [6, 6.07) is 0. The van der Waals surface area contributed by atoms with Crippen molar-refractivity contribution in [1.29, 1.82) is 0 Å². The normalized spacial score (nSPS) is 10.7. The molecule has 1 aromatic rings. The molecule has 1 rings (SSSR count). The number of hydrogen-bond donors (Lipinski definition) is 2. The number of anilines is 1. The lowest BCUT2D eigenvalue weighted by Crippen LogP contribution is -2.28. The smallest absolute Gasteiger partial charge is 0.356 e. The molecule has 0 saturated carbocycles. The van der Waals surface area contributed by atoms with E-state index in [0.717, 1.165) is 31.0 Å². The zero-order valence-corrected chi connectivity index (χ0v) is 12.2. The lowest BCUT2D eigenvalue weighted by molar-refractivity contribution is 0.0687. The first-order chi connectivity index (χ1) is 8.99. The standard InChI is InChI=1S/C12H19N3O3S/c1-4-15(5-2)7-6-13-12-14-9(11(17)18)10(19-12)8(3)16/h4-7H2,1-3H3,(H,13,14)(H,17,18). The van der Waals surface area contributed by atoms with Crippen LogP contribution in [0.5, 0.6) is 0 Å².